The van der Waals surface area contributed by atoms with Crippen LogP contribution in [0, 0.1) is 11.8 Å². The smallest absolute Gasteiger partial charge is 0.254 e. The van der Waals surface area contributed by atoms with Crippen LogP contribution >= 0.6 is 11.3 Å². The van der Waals surface area contributed by atoms with Crippen LogP contribution in [0.4, 0.5) is 0 Å². The normalized spacial score (nSPS) is 22.1. The minimum Gasteiger partial charge on any atom is -0.355 e. The quantitative estimate of drug-likeness (QED) is 0.776. The molecule has 0 bridgehead atoms. The zero-order chi connectivity index (χ0) is 19.7. The van der Waals surface area contributed by atoms with Crippen molar-refractivity contribution in [3.63, 3.8) is 0 Å². The van der Waals surface area contributed by atoms with Crippen LogP contribution in [-0.4, -0.2) is 29.8 Å². The first-order valence-corrected chi connectivity index (χ1v) is 11.1. The molecule has 0 saturated heterocycles. The minimum atomic E-state index is -0.369. The second-order valence-electron chi connectivity index (χ2n) is 8.42. The zero-order valence-electron chi connectivity index (χ0n) is 16.6. The summed E-state index contributed by atoms with van der Waals surface area (Å²) in [6, 6.07) is 11.4. The molecule has 4 nitrogen and oxygen atoms in total. The van der Waals surface area contributed by atoms with Gasteiger partial charge in [0.1, 0.15) is 0 Å². The van der Waals surface area contributed by atoms with Crippen molar-refractivity contribution in [2.75, 3.05) is 13.1 Å². The van der Waals surface area contributed by atoms with E-state index in [-0.39, 0.29) is 23.8 Å². The van der Waals surface area contributed by atoms with Crippen molar-refractivity contribution in [3.05, 3.63) is 57.8 Å². The highest BCUT2D eigenvalue weighted by molar-refractivity contribution is 7.10. The van der Waals surface area contributed by atoms with Gasteiger partial charge in [0.15, 0.2) is 0 Å². The van der Waals surface area contributed by atoms with E-state index < -0.39 is 0 Å². The second kappa shape index (κ2) is 8.08. The molecule has 1 saturated carbocycles. The summed E-state index contributed by atoms with van der Waals surface area (Å²) in [5.41, 5.74) is 1.52. The number of nitrogens with zero attached hydrogens (tertiary/aromatic N) is 1. The van der Waals surface area contributed by atoms with Gasteiger partial charge in [-0.2, -0.15) is 0 Å². The number of fused-ring (bicyclic) bond motifs is 1. The lowest BCUT2D eigenvalue weighted by Gasteiger charge is -2.42. The van der Waals surface area contributed by atoms with Crippen LogP contribution in [0.3, 0.4) is 0 Å². The SMILES string of the molecule is CC(C)CN1C(=O)c2ccccc2C(C(=O)NCC2CCC2)C1c1cccs1. The third-order valence-corrected chi connectivity index (χ3v) is 6.85. The molecule has 0 radical (unpaired) electrons. The van der Waals surface area contributed by atoms with Crippen molar-refractivity contribution in [2.45, 2.75) is 45.1 Å². The molecule has 1 N–H and O–H groups in total. The number of hydrogen-bond donors (Lipinski definition) is 1. The molecule has 2 unspecified atom stereocenters. The number of thiophene rings is 1. The van der Waals surface area contributed by atoms with Crippen LogP contribution < -0.4 is 5.32 Å². The topological polar surface area (TPSA) is 49.4 Å². The number of benzene rings is 1. The maximum Gasteiger partial charge on any atom is 0.254 e. The fraction of sp³-hybridized carbons (Fsp3) is 0.478. The summed E-state index contributed by atoms with van der Waals surface area (Å²) in [6.45, 7) is 5.62. The summed E-state index contributed by atoms with van der Waals surface area (Å²) in [4.78, 5) is 29.8. The Morgan fingerprint density at radius 3 is 2.64 bits per heavy atom. The summed E-state index contributed by atoms with van der Waals surface area (Å²) in [5, 5.41) is 5.23. The third kappa shape index (κ3) is 3.60. The molecule has 1 aromatic heterocycles. The van der Waals surface area contributed by atoms with E-state index in [4.69, 9.17) is 0 Å². The lowest BCUT2D eigenvalue weighted by molar-refractivity contribution is -0.124. The maximum absolute atomic E-state index is 13.4. The molecule has 2 aromatic rings. The predicted molar refractivity (Wildman–Crippen MR) is 112 cm³/mol. The van der Waals surface area contributed by atoms with E-state index in [0.29, 0.717) is 23.9 Å². The standard InChI is InChI=1S/C23H28N2O2S/c1-15(2)14-25-21(19-11-6-12-28-19)20(22(26)24-13-16-7-5-8-16)17-9-3-4-10-18(17)23(25)27/h3-4,6,9-12,15-16,20-21H,5,7-8,13-14H2,1-2H3,(H,24,26). The van der Waals surface area contributed by atoms with E-state index in [0.717, 1.165) is 17.0 Å². The number of carbonyl (C=O) groups excluding carboxylic acids is 2. The Morgan fingerprint density at radius 2 is 2.00 bits per heavy atom. The molecular weight excluding hydrogens is 368 g/mol. The number of rotatable bonds is 6. The monoisotopic (exact) mass is 396 g/mol. The fourth-order valence-corrected chi connectivity index (χ4v) is 5.17. The van der Waals surface area contributed by atoms with Crippen molar-refractivity contribution >= 4 is 23.2 Å². The first-order chi connectivity index (χ1) is 13.6. The lowest BCUT2D eigenvalue weighted by atomic mass is 9.80. The van der Waals surface area contributed by atoms with Crippen LogP contribution in [0.25, 0.3) is 0 Å². The Labute approximate surface area is 170 Å². The van der Waals surface area contributed by atoms with Gasteiger partial charge in [-0.15, -0.1) is 11.3 Å². The highest BCUT2D eigenvalue weighted by Gasteiger charge is 2.44. The minimum absolute atomic E-state index is 0.0331. The Hall–Kier alpha value is -2.14. The van der Waals surface area contributed by atoms with Crippen LogP contribution in [0.15, 0.2) is 41.8 Å². The lowest BCUT2D eigenvalue weighted by Crippen LogP contribution is -2.49. The summed E-state index contributed by atoms with van der Waals surface area (Å²) in [7, 11) is 0. The van der Waals surface area contributed by atoms with Gasteiger partial charge in [0.05, 0.1) is 12.0 Å². The van der Waals surface area contributed by atoms with Crippen LogP contribution in [-0.2, 0) is 4.79 Å². The van der Waals surface area contributed by atoms with Crippen LogP contribution in [0.1, 0.15) is 65.9 Å². The molecule has 1 aliphatic carbocycles. The molecule has 2 atom stereocenters. The van der Waals surface area contributed by atoms with Crippen molar-refractivity contribution in [2.24, 2.45) is 11.8 Å². The second-order valence-corrected chi connectivity index (χ2v) is 9.40. The van der Waals surface area contributed by atoms with E-state index in [1.165, 1.54) is 19.3 Å². The Morgan fingerprint density at radius 1 is 1.21 bits per heavy atom. The molecule has 28 heavy (non-hydrogen) atoms. The Balaban J connectivity index is 1.74. The molecule has 1 aliphatic heterocycles. The number of amides is 2. The van der Waals surface area contributed by atoms with Gasteiger partial charge in [0.2, 0.25) is 5.91 Å². The van der Waals surface area contributed by atoms with Gasteiger partial charge in [0, 0.05) is 23.5 Å². The predicted octanol–water partition coefficient (Wildman–Crippen LogP) is 4.60. The molecular formula is C23H28N2O2S. The van der Waals surface area contributed by atoms with Gasteiger partial charge in [-0.05, 0) is 47.8 Å². The number of carbonyl (C=O) groups is 2. The number of nitrogens with one attached hydrogen (secondary N) is 1. The summed E-state index contributed by atoms with van der Waals surface area (Å²) in [5.74, 6) is 0.642. The van der Waals surface area contributed by atoms with E-state index in [1.807, 2.05) is 40.6 Å². The van der Waals surface area contributed by atoms with Gasteiger partial charge < -0.3 is 10.2 Å². The van der Waals surface area contributed by atoms with E-state index >= 15 is 0 Å². The van der Waals surface area contributed by atoms with Crippen LogP contribution in [0.2, 0.25) is 0 Å². The average molecular weight is 397 g/mol. The van der Waals surface area contributed by atoms with E-state index in [1.54, 1.807) is 11.3 Å². The van der Waals surface area contributed by atoms with Crippen molar-refractivity contribution < 1.29 is 9.59 Å². The van der Waals surface area contributed by atoms with Gasteiger partial charge in [-0.3, -0.25) is 9.59 Å². The molecule has 0 spiro atoms. The van der Waals surface area contributed by atoms with Crippen molar-refractivity contribution in [1.82, 2.24) is 10.2 Å². The molecule has 1 fully saturated rings. The summed E-state index contributed by atoms with van der Waals surface area (Å²) in [6.07, 6.45) is 3.67. The molecule has 4 rings (SSSR count). The first-order valence-electron chi connectivity index (χ1n) is 10.3. The summed E-state index contributed by atoms with van der Waals surface area (Å²) >= 11 is 1.62. The van der Waals surface area contributed by atoms with Gasteiger partial charge in [-0.25, -0.2) is 0 Å². The van der Waals surface area contributed by atoms with E-state index in [9.17, 15) is 9.59 Å². The van der Waals surface area contributed by atoms with Gasteiger partial charge in [0.25, 0.3) is 5.91 Å². The Bertz CT molecular complexity index is 842. The largest absolute Gasteiger partial charge is 0.355 e. The molecule has 5 heteroatoms. The molecule has 148 valence electrons. The fourth-order valence-electron chi connectivity index (χ4n) is 4.30. The summed E-state index contributed by atoms with van der Waals surface area (Å²) < 4.78 is 0. The van der Waals surface area contributed by atoms with Crippen molar-refractivity contribution in [3.8, 4) is 0 Å². The van der Waals surface area contributed by atoms with Gasteiger partial charge in [-0.1, -0.05) is 44.5 Å². The highest BCUT2D eigenvalue weighted by atomic mass is 32.1. The van der Waals surface area contributed by atoms with Crippen LogP contribution in [0.5, 0.6) is 0 Å². The Kier molecular flexibility index (Phi) is 5.54. The van der Waals surface area contributed by atoms with E-state index in [2.05, 4.69) is 25.2 Å². The van der Waals surface area contributed by atoms with Gasteiger partial charge >= 0.3 is 0 Å². The maximum atomic E-state index is 13.4. The molecule has 2 amide bonds. The number of hydrogen-bond acceptors (Lipinski definition) is 3. The van der Waals surface area contributed by atoms with Crippen molar-refractivity contribution in [1.29, 1.82) is 0 Å². The molecule has 2 heterocycles. The molecule has 2 aliphatic rings. The average Bonchev–Trinajstić information content (AvgIpc) is 3.16. The third-order valence-electron chi connectivity index (χ3n) is 5.91. The molecule has 1 aromatic carbocycles. The highest BCUT2D eigenvalue weighted by Crippen LogP contribution is 2.44. The first kappa shape index (κ1) is 19.2. The zero-order valence-corrected chi connectivity index (χ0v) is 17.4.